The molecule has 0 saturated carbocycles. The van der Waals surface area contributed by atoms with Crippen molar-refractivity contribution in [3.8, 4) is 36.4 Å². The Kier molecular flexibility index (Phi) is 23.9. The van der Waals surface area contributed by atoms with Crippen LogP contribution in [-0.4, -0.2) is 0 Å². The molecule has 0 fully saturated rings. The first-order valence-corrected chi connectivity index (χ1v) is 36.1. The first-order chi connectivity index (χ1) is 48.1. The van der Waals surface area contributed by atoms with E-state index in [1.54, 1.807) is 5.56 Å². The molecule has 0 saturated heterocycles. The van der Waals surface area contributed by atoms with E-state index in [4.69, 9.17) is 10.5 Å². The topological polar surface area (TPSA) is 143 Å². The molecule has 5 aliphatic carbocycles. The Balaban J connectivity index is 0.000000135. The maximum Gasteiger partial charge on any atom is 0.0715 e. The average molecular weight is 1300 g/mol. The number of nitrogens with zero attached hydrogens (tertiary/aromatic N) is 6. The molecule has 0 aromatic heterocycles. The van der Waals surface area contributed by atoms with Gasteiger partial charge in [0.05, 0.1) is 71.9 Å². The summed E-state index contributed by atoms with van der Waals surface area (Å²) in [5.74, 6) is 3.16. The fourth-order valence-corrected chi connectivity index (χ4v) is 17.2. The minimum atomic E-state index is -0.112. The summed E-state index contributed by atoms with van der Waals surface area (Å²) in [5, 5.41) is 55.3. The van der Waals surface area contributed by atoms with Crippen molar-refractivity contribution in [2.75, 3.05) is 0 Å². The Bertz CT molecular complexity index is 4400. The van der Waals surface area contributed by atoms with E-state index in [1.807, 2.05) is 50.2 Å². The summed E-state index contributed by atoms with van der Waals surface area (Å²) in [6.07, 6.45) is 10.2. The van der Waals surface area contributed by atoms with E-state index in [0.29, 0.717) is 35.5 Å². The number of hydrogen-bond donors (Lipinski definition) is 0. The maximum atomic E-state index is 9.48. The third kappa shape index (κ3) is 15.5. The van der Waals surface area contributed by atoms with Crippen LogP contribution < -0.4 is 0 Å². The number of nitriles is 6. The van der Waals surface area contributed by atoms with Crippen molar-refractivity contribution in [1.82, 2.24) is 0 Å². The highest BCUT2D eigenvalue weighted by Gasteiger charge is 2.48. The second-order valence-corrected chi connectivity index (χ2v) is 29.3. The van der Waals surface area contributed by atoms with Gasteiger partial charge in [0.25, 0.3) is 0 Å². The largest absolute Gasteiger partial charge is 0.198 e. The molecular weight excluding hydrogens is 1200 g/mol. The number of benzene rings is 9. The lowest BCUT2D eigenvalue weighted by molar-refractivity contribution is 0.234. The Morgan fingerprint density at radius 3 is 1.17 bits per heavy atom. The van der Waals surface area contributed by atoms with Gasteiger partial charge in [0.2, 0.25) is 0 Å². The summed E-state index contributed by atoms with van der Waals surface area (Å²) in [6.45, 7) is 17.8. The van der Waals surface area contributed by atoms with Gasteiger partial charge in [-0.2, -0.15) is 31.6 Å². The molecule has 9 aromatic rings. The second-order valence-electron chi connectivity index (χ2n) is 29.3. The molecule has 99 heavy (non-hydrogen) atoms. The van der Waals surface area contributed by atoms with E-state index in [-0.39, 0.29) is 51.8 Å². The SMILES string of the molecule is CC(C#N)C1(C)CCC(C#N)c2ccccc21.CC(C#N)C1CCC(C#N)c2ccccc21.CC(C)(c1ccccc1)C1(C)CCC(C#N)c2ccccc21.CC(c1ccccc1)C1CCC(C#N)c2ccccc21.CC(c1ccccc1)C1CCC(c2ccccc2)c2ccccc21. The monoisotopic (exact) mass is 1300 g/mol. The third-order valence-corrected chi connectivity index (χ3v) is 23.9. The van der Waals surface area contributed by atoms with E-state index in [9.17, 15) is 21.0 Å². The highest BCUT2D eigenvalue weighted by atomic mass is 14.5. The Labute approximate surface area is 591 Å². The molecule has 0 spiro atoms. The van der Waals surface area contributed by atoms with Crippen molar-refractivity contribution in [3.63, 3.8) is 0 Å². The molecule has 9 aromatic carbocycles. The van der Waals surface area contributed by atoms with Crippen molar-refractivity contribution in [2.24, 2.45) is 11.8 Å². The Morgan fingerprint density at radius 2 is 0.697 bits per heavy atom. The quantitative estimate of drug-likeness (QED) is 0.141. The average Bonchev–Trinajstić information content (AvgIpc) is 0.737. The molecule has 498 valence electrons. The van der Waals surface area contributed by atoms with Gasteiger partial charge in [-0.25, -0.2) is 0 Å². The highest BCUT2D eigenvalue weighted by molar-refractivity contribution is 5.49. The molecule has 14 atom stereocenters. The molecule has 0 N–H and O–H groups in total. The lowest BCUT2D eigenvalue weighted by Gasteiger charge is -2.49. The van der Waals surface area contributed by atoms with E-state index in [0.717, 1.165) is 62.5 Å². The zero-order chi connectivity index (χ0) is 70.1. The first kappa shape index (κ1) is 71.7. The molecular formula is C93H96N6. The van der Waals surface area contributed by atoms with Gasteiger partial charge in [-0.05, 0) is 191 Å². The summed E-state index contributed by atoms with van der Waals surface area (Å²) in [6, 6.07) is 100. The summed E-state index contributed by atoms with van der Waals surface area (Å²) in [5.41, 5.74) is 18.5. The van der Waals surface area contributed by atoms with Gasteiger partial charge >= 0.3 is 0 Å². The zero-order valence-corrected chi connectivity index (χ0v) is 59.3. The van der Waals surface area contributed by atoms with Gasteiger partial charge in [0.1, 0.15) is 0 Å². The van der Waals surface area contributed by atoms with Crippen LogP contribution in [0.15, 0.2) is 243 Å². The zero-order valence-electron chi connectivity index (χ0n) is 59.3. The smallest absolute Gasteiger partial charge is 0.0715 e. The minimum Gasteiger partial charge on any atom is -0.198 e. The van der Waals surface area contributed by atoms with Gasteiger partial charge in [-0.1, -0.05) is 284 Å². The lowest BCUT2D eigenvalue weighted by atomic mass is 9.54. The minimum absolute atomic E-state index is 0.00910. The molecule has 14 unspecified atom stereocenters. The van der Waals surface area contributed by atoms with E-state index in [2.05, 4.69) is 284 Å². The third-order valence-electron chi connectivity index (χ3n) is 23.9. The van der Waals surface area contributed by atoms with Gasteiger partial charge in [-0.3, -0.25) is 0 Å². The van der Waals surface area contributed by atoms with E-state index < -0.39 is 0 Å². The van der Waals surface area contributed by atoms with Crippen LogP contribution in [0.3, 0.4) is 0 Å². The summed E-state index contributed by atoms with van der Waals surface area (Å²) in [4.78, 5) is 0. The van der Waals surface area contributed by atoms with Crippen LogP contribution in [0.5, 0.6) is 0 Å². The lowest BCUT2D eigenvalue weighted by Crippen LogP contribution is -2.45. The molecule has 0 amide bonds. The number of hydrogen-bond acceptors (Lipinski definition) is 6. The molecule has 0 aliphatic heterocycles. The van der Waals surface area contributed by atoms with Crippen LogP contribution >= 0.6 is 0 Å². The Morgan fingerprint density at radius 1 is 0.343 bits per heavy atom. The van der Waals surface area contributed by atoms with Crippen molar-refractivity contribution in [2.45, 2.75) is 195 Å². The fourth-order valence-electron chi connectivity index (χ4n) is 17.2. The normalized spacial score (nSPS) is 24.0. The molecule has 5 aliphatic rings. The van der Waals surface area contributed by atoms with E-state index in [1.165, 1.54) is 74.0 Å². The fraction of sp³-hybridized carbons (Fsp3) is 0.355. The molecule has 0 heterocycles. The number of fused-ring (bicyclic) bond motifs is 5. The molecule has 0 bridgehead atoms. The van der Waals surface area contributed by atoms with Crippen LogP contribution in [-0.2, 0) is 16.2 Å². The van der Waals surface area contributed by atoms with Crippen LogP contribution in [0, 0.1) is 79.8 Å². The molecule has 6 nitrogen and oxygen atoms in total. The maximum absolute atomic E-state index is 9.48. The first-order valence-electron chi connectivity index (χ1n) is 36.1. The molecule has 0 radical (unpaired) electrons. The van der Waals surface area contributed by atoms with Crippen molar-refractivity contribution >= 4 is 0 Å². The molecule has 14 rings (SSSR count). The highest BCUT2D eigenvalue weighted by Crippen LogP contribution is 2.54. The van der Waals surface area contributed by atoms with Crippen molar-refractivity contribution < 1.29 is 0 Å². The molecule has 6 heteroatoms. The van der Waals surface area contributed by atoms with E-state index >= 15 is 0 Å². The van der Waals surface area contributed by atoms with Crippen LogP contribution in [0.2, 0.25) is 0 Å². The van der Waals surface area contributed by atoms with Crippen LogP contribution in [0.25, 0.3) is 0 Å². The van der Waals surface area contributed by atoms with Crippen LogP contribution in [0.1, 0.15) is 257 Å². The summed E-state index contributed by atoms with van der Waals surface area (Å²) >= 11 is 0. The predicted molar refractivity (Wildman–Crippen MR) is 402 cm³/mol. The summed E-state index contributed by atoms with van der Waals surface area (Å²) < 4.78 is 0. The van der Waals surface area contributed by atoms with Gasteiger partial charge in [0, 0.05) is 16.7 Å². The van der Waals surface area contributed by atoms with Gasteiger partial charge in [-0.15, -0.1) is 0 Å². The Hall–Kier alpha value is -10.1. The standard InChI is InChI=1S/C24H24.C21H23N.C19H19N.C15H16N2.C14H14N2/c1-18(19-10-4-2-5-11-19)21-16-17-22(20-12-6-3-7-13-20)24-15-9-8-14-23(21)24;1-20(2,17-9-5-4-6-10-17)21(3)14-13-16(15-22)18-11-7-8-12-19(18)21;1-14(15-7-3-2-4-8-15)17-12-11-16(13-20)18-9-5-6-10-19(17)18;1-11(9-16)15(2)8-7-12(10-17)13-5-3-4-6-14(13)15;1-10(8-15)12-7-6-11(9-16)13-4-2-3-5-14(12)13/h2-15,18,21-22H,16-17H2,1H3;4-12,16H,13-14H2,1-3H3;2-10,14,16-17H,11-12H2,1H3;3-6,11-12H,7-8H2,1-2H3;2-5,10-12H,6-7H2,1H3. The predicted octanol–water partition coefficient (Wildman–Crippen LogP) is 23.6. The van der Waals surface area contributed by atoms with Gasteiger partial charge in [0.15, 0.2) is 0 Å². The van der Waals surface area contributed by atoms with Crippen molar-refractivity contribution in [1.29, 1.82) is 31.6 Å². The summed E-state index contributed by atoms with van der Waals surface area (Å²) in [7, 11) is 0. The number of rotatable bonds is 9. The van der Waals surface area contributed by atoms with Crippen LogP contribution in [0.4, 0.5) is 0 Å². The second kappa shape index (κ2) is 33.0. The van der Waals surface area contributed by atoms with Crippen molar-refractivity contribution in [3.05, 3.63) is 321 Å². The van der Waals surface area contributed by atoms with Gasteiger partial charge < -0.3 is 0 Å².